The van der Waals surface area contributed by atoms with Gasteiger partial charge in [0.05, 0.1) is 17.8 Å². The lowest BCUT2D eigenvalue weighted by molar-refractivity contribution is -0.132. The van der Waals surface area contributed by atoms with Crippen LogP contribution in [0.15, 0.2) is 24.3 Å². The molecule has 0 saturated carbocycles. The molecule has 1 fully saturated rings. The van der Waals surface area contributed by atoms with Gasteiger partial charge in [0.1, 0.15) is 5.75 Å². The lowest BCUT2D eigenvalue weighted by atomic mass is 10.2. The minimum Gasteiger partial charge on any atom is -0.483 e. The Labute approximate surface area is 115 Å². The monoisotopic (exact) mass is 280 g/mol. The van der Waals surface area contributed by atoms with Crippen LogP contribution in [0.1, 0.15) is 10.4 Å². The van der Waals surface area contributed by atoms with Crippen molar-refractivity contribution < 1.29 is 24.5 Å². The zero-order valence-corrected chi connectivity index (χ0v) is 10.7. The first-order valence-corrected chi connectivity index (χ1v) is 6.14. The fourth-order valence-electron chi connectivity index (χ4n) is 2.00. The van der Waals surface area contributed by atoms with Gasteiger partial charge in [0.2, 0.25) is 0 Å². The molecule has 2 rings (SSSR count). The van der Waals surface area contributed by atoms with Crippen LogP contribution >= 0.6 is 0 Å². The number of nitrogens with zero attached hydrogens (tertiary/aromatic N) is 1. The number of primary amides is 1. The molecule has 20 heavy (non-hydrogen) atoms. The van der Waals surface area contributed by atoms with Gasteiger partial charge in [0, 0.05) is 13.1 Å². The van der Waals surface area contributed by atoms with Crippen LogP contribution in [0.25, 0.3) is 0 Å². The summed E-state index contributed by atoms with van der Waals surface area (Å²) >= 11 is 0. The maximum Gasteiger partial charge on any atom is 0.260 e. The number of rotatable bonds is 4. The van der Waals surface area contributed by atoms with E-state index in [0.29, 0.717) is 0 Å². The topological polar surface area (TPSA) is 113 Å². The molecule has 0 radical (unpaired) electrons. The minimum atomic E-state index is -0.933. The number of carbonyl (C=O) groups is 2. The van der Waals surface area contributed by atoms with E-state index in [1.54, 1.807) is 18.2 Å². The lowest BCUT2D eigenvalue weighted by Crippen LogP contribution is -2.34. The maximum absolute atomic E-state index is 11.9. The van der Waals surface area contributed by atoms with E-state index in [0.717, 1.165) is 0 Å². The van der Waals surface area contributed by atoms with Gasteiger partial charge in [-0.2, -0.15) is 0 Å². The van der Waals surface area contributed by atoms with E-state index in [1.807, 2.05) is 0 Å². The number of hydrogen-bond acceptors (Lipinski definition) is 5. The Bertz CT molecular complexity index is 509. The number of likely N-dealkylation sites (tertiary alicyclic amines) is 1. The molecule has 0 spiro atoms. The molecule has 7 nitrogen and oxygen atoms in total. The predicted molar refractivity (Wildman–Crippen MR) is 69.0 cm³/mol. The number of β-amino-alcohol motifs (C(OH)–C–C–N with tert-alkyl or cyclic N) is 2. The van der Waals surface area contributed by atoms with Gasteiger partial charge in [-0.25, -0.2) is 0 Å². The standard InChI is InChI=1S/C13H16N2O5/c14-13(19)8-3-1-2-4-11(8)20-7-12(18)15-5-9(16)10(17)6-15/h1-4,9-10,16-17H,5-7H2,(H2,14,19). The normalized spacial score (nSPS) is 21.8. The summed E-state index contributed by atoms with van der Waals surface area (Å²) in [5.74, 6) is -0.784. The SMILES string of the molecule is NC(=O)c1ccccc1OCC(=O)N1CC(O)C(O)C1. The molecular weight excluding hydrogens is 264 g/mol. The molecule has 4 N–H and O–H groups in total. The summed E-state index contributed by atoms with van der Waals surface area (Å²) in [6.07, 6.45) is -1.87. The number of aliphatic hydroxyl groups excluding tert-OH is 2. The zero-order chi connectivity index (χ0) is 14.7. The highest BCUT2D eigenvalue weighted by Gasteiger charge is 2.32. The highest BCUT2D eigenvalue weighted by Crippen LogP contribution is 2.17. The largest absolute Gasteiger partial charge is 0.483 e. The molecule has 2 atom stereocenters. The molecule has 7 heteroatoms. The second-order valence-electron chi connectivity index (χ2n) is 4.58. The molecule has 1 heterocycles. The second kappa shape index (κ2) is 5.89. The first-order chi connectivity index (χ1) is 9.49. The van der Waals surface area contributed by atoms with Crippen LogP contribution in [0.3, 0.4) is 0 Å². The molecule has 0 bridgehead atoms. The summed E-state index contributed by atoms with van der Waals surface area (Å²) in [7, 11) is 0. The third-order valence-electron chi connectivity index (χ3n) is 3.12. The molecule has 2 amide bonds. The minimum absolute atomic E-state index is 0.0703. The first kappa shape index (κ1) is 14.3. The van der Waals surface area contributed by atoms with Gasteiger partial charge in [-0.05, 0) is 12.1 Å². The Morgan fingerprint density at radius 1 is 1.25 bits per heavy atom. The van der Waals surface area contributed by atoms with Crippen LogP contribution in [0, 0.1) is 0 Å². The summed E-state index contributed by atoms with van der Waals surface area (Å²) in [5, 5.41) is 18.7. The average molecular weight is 280 g/mol. The van der Waals surface area contributed by atoms with Crippen molar-refractivity contribution in [2.75, 3.05) is 19.7 Å². The van der Waals surface area contributed by atoms with Crippen LogP contribution in [0.5, 0.6) is 5.75 Å². The van der Waals surface area contributed by atoms with Gasteiger partial charge in [0.15, 0.2) is 6.61 Å². The van der Waals surface area contributed by atoms with E-state index in [4.69, 9.17) is 10.5 Å². The van der Waals surface area contributed by atoms with Crippen molar-refractivity contribution in [1.29, 1.82) is 0 Å². The molecule has 0 aliphatic carbocycles. The molecule has 1 aliphatic rings. The van der Waals surface area contributed by atoms with Crippen molar-refractivity contribution in [3.8, 4) is 5.75 Å². The van der Waals surface area contributed by atoms with Crippen molar-refractivity contribution in [3.63, 3.8) is 0 Å². The molecule has 1 aliphatic heterocycles. The Balaban J connectivity index is 1.96. The Hall–Kier alpha value is -2.12. The summed E-state index contributed by atoms with van der Waals surface area (Å²) < 4.78 is 5.29. The highest BCUT2D eigenvalue weighted by molar-refractivity contribution is 5.95. The van der Waals surface area contributed by atoms with E-state index >= 15 is 0 Å². The Kier molecular flexibility index (Phi) is 4.21. The molecule has 1 aromatic carbocycles. The summed E-state index contributed by atoms with van der Waals surface area (Å²) in [4.78, 5) is 24.4. The van der Waals surface area contributed by atoms with Crippen LogP contribution in [0.2, 0.25) is 0 Å². The van der Waals surface area contributed by atoms with Crippen molar-refractivity contribution in [2.24, 2.45) is 5.73 Å². The second-order valence-corrected chi connectivity index (χ2v) is 4.58. The quantitative estimate of drug-likeness (QED) is 0.636. The fourth-order valence-corrected chi connectivity index (χ4v) is 2.00. The summed E-state index contributed by atoms with van der Waals surface area (Å²) in [6.45, 7) is -0.147. The van der Waals surface area contributed by atoms with Gasteiger partial charge >= 0.3 is 0 Å². The molecule has 108 valence electrons. The smallest absolute Gasteiger partial charge is 0.260 e. The number of amides is 2. The summed E-state index contributed by atoms with van der Waals surface area (Å²) in [5.41, 5.74) is 5.40. The van der Waals surface area contributed by atoms with Crippen molar-refractivity contribution in [2.45, 2.75) is 12.2 Å². The van der Waals surface area contributed by atoms with E-state index in [9.17, 15) is 19.8 Å². The van der Waals surface area contributed by atoms with Gasteiger partial charge < -0.3 is 25.6 Å². The molecule has 0 aromatic heterocycles. The molecule has 1 saturated heterocycles. The van der Waals surface area contributed by atoms with Crippen LogP contribution in [0.4, 0.5) is 0 Å². The number of aliphatic hydroxyl groups is 2. The van der Waals surface area contributed by atoms with Crippen LogP contribution in [-0.2, 0) is 4.79 Å². The third kappa shape index (κ3) is 3.06. The number of benzene rings is 1. The summed E-state index contributed by atoms with van der Waals surface area (Å²) in [6, 6.07) is 6.35. The number of ether oxygens (including phenoxy) is 1. The fraction of sp³-hybridized carbons (Fsp3) is 0.385. The first-order valence-electron chi connectivity index (χ1n) is 6.14. The Morgan fingerprint density at radius 2 is 1.85 bits per heavy atom. The van der Waals surface area contributed by atoms with Crippen LogP contribution in [-0.4, -0.2) is 58.8 Å². The van der Waals surface area contributed by atoms with Crippen molar-refractivity contribution >= 4 is 11.8 Å². The number of nitrogens with two attached hydrogens (primary N) is 1. The molecular formula is C13H16N2O5. The van der Waals surface area contributed by atoms with Crippen molar-refractivity contribution in [1.82, 2.24) is 4.90 Å². The van der Waals surface area contributed by atoms with Gasteiger partial charge in [-0.3, -0.25) is 9.59 Å². The maximum atomic E-state index is 11.9. The van der Waals surface area contributed by atoms with E-state index < -0.39 is 18.1 Å². The third-order valence-corrected chi connectivity index (χ3v) is 3.12. The lowest BCUT2D eigenvalue weighted by Gasteiger charge is -2.16. The highest BCUT2D eigenvalue weighted by atomic mass is 16.5. The zero-order valence-electron chi connectivity index (χ0n) is 10.7. The van der Waals surface area contributed by atoms with Gasteiger partial charge in [-0.1, -0.05) is 12.1 Å². The number of para-hydroxylation sites is 1. The number of hydrogen-bond donors (Lipinski definition) is 3. The van der Waals surface area contributed by atoms with Gasteiger partial charge in [0.25, 0.3) is 11.8 Å². The molecule has 2 unspecified atom stereocenters. The van der Waals surface area contributed by atoms with E-state index in [2.05, 4.69) is 0 Å². The molecule has 1 aromatic rings. The van der Waals surface area contributed by atoms with E-state index in [1.165, 1.54) is 11.0 Å². The van der Waals surface area contributed by atoms with Gasteiger partial charge in [-0.15, -0.1) is 0 Å². The van der Waals surface area contributed by atoms with E-state index in [-0.39, 0.29) is 36.9 Å². The number of carbonyl (C=O) groups excluding carboxylic acids is 2. The average Bonchev–Trinajstić information content (AvgIpc) is 2.76. The predicted octanol–water partition coefficient (Wildman–Crippen LogP) is -1.27. The van der Waals surface area contributed by atoms with Crippen molar-refractivity contribution in [3.05, 3.63) is 29.8 Å². The Morgan fingerprint density at radius 3 is 2.45 bits per heavy atom. The van der Waals surface area contributed by atoms with Crippen LogP contribution < -0.4 is 10.5 Å².